The van der Waals surface area contributed by atoms with E-state index in [1.54, 1.807) is 0 Å². The Kier molecular flexibility index (Phi) is 3.71. The van der Waals surface area contributed by atoms with Crippen LogP contribution in [-0.2, 0) is 0 Å². The SMILES string of the molecule is Cc1ccccc1N(C)CC(N)c1ccc2c(c1)OCO2. The van der Waals surface area contributed by atoms with E-state index in [0.29, 0.717) is 0 Å². The number of ether oxygens (including phenoxy) is 2. The molecule has 0 aliphatic carbocycles. The van der Waals surface area contributed by atoms with Gasteiger partial charge >= 0.3 is 0 Å². The molecule has 0 bridgehead atoms. The first-order chi connectivity index (χ1) is 10.1. The number of benzene rings is 2. The highest BCUT2D eigenvalue weighted by atomic mass is 16.7. The first kappa shape index (κ1) is 13.8. The van der Waals surface area contributed by atoms with Gasteiger partial charge in [-0.1, -0.05) is 24.3 Å². The fourth-order valence-electron chi connectivity index (χ4n) is 2.63. The topological polar surface area (TPSA) is 47.7 Å². The maximum absolute atomic E-state index is 6.34. The molecule has 1 unspecified atom stereocenters. The van der Waals surface area contributed by atoms with Crippen molar-refractivity contribution in [3.63, 3.8) is 0 Å². The van der Waals surface area contributed by atoms with Crippen LogP contribution in [0.2, 0.25) is 0 Å². The third kappa shape index (κ3) is 2.81. The summed E-state index contributed by atoms with van der Waals surface area (Å²) in [7, 11) is 2.06. The Bertz CT molecular complexity index is 642. The summed E-state index contributed by atoms with van der Waals surface area (Å²) in [5, 5.41) is 0. The molecule has 1 atom stereocenters. The van der Waals surface area contributed by atoms with Crippen molar-refractivity contribution in [1.29, 1.82) is 0 Å². The van der Waals surface area contributed by atoms with E-state index in [2.05, 4.69) is 31.0 Å². The molecule has 0 aromatic heterocycles. The summed E-state index contributed by atoms with van der Waals surface area (Å²) in [5.74, 6) is 1.57. The number of likely N-dealkylation sites (N-methyl/N-ethyl adjacent to an activating group) is 1. The maximum Gasteiger partial charge on any atom is 0.231 e. The van der Waals surface area contributed by atoms with Crippen molar-refractivity contribution < 1.29 is 9.47 Å². The number of hydrogen-bond donors (Lipinski definition) is 1. The molecule has 1 heterocycles. The van der Waals surface area contributed by atoms with Gasteiger partial charge in [0, 0.05) is 25.3 Å². The number of fused-ring (bicyclic) bond motifs is 1. The number of aryl methyl sites for hydroxylation is 1. The monoisotopic (exact) mass is 284 g/mol. The van der Waals surface area contributed by atoms with Crippen molar-refractivity contribution in [3.05, 3.63) is 53.6 Å². The van der Waals surface area contributed by atoms with Crippen LogP contribution in [0.4, 0.5) is 5.69 Å². The van der Waals surface area contributed by atoms with Crippen molar-refractivity contribution in [2.75, 3.05) is 25.3 Å². The van der Waals surface area contributed by atoms with Gasteiger partial charge in [-0.25, -0.2) is 0 Å². The van der Waals surface area contributed by atoms with E-state index in [1.807, 2.05) is 30.3 Å². The average Bonchev–Trinajstić information content (AvgIpc) is 2.94. The van der Waals surface area contributed by atoms with Crippen LogP contribution in [-0.4, -0.2) is 20.4 Å². The molecule has 0 saturated heterocycles. The van der Waals surface area contributed by atoms with Gasteiger partial charge in [0.1, 0.15) is 0 Å². The normalized spacial score (nSPS) is 14.0. The van der Waals surface area contributed by atoms with Crippen LogP contribution in [0.5, 0.6) is 11.5 Å². The van der Waals surface area contributed by atoms with E-state index in [1.165, 1.54) is 11.3 Å². The molecule has 0 radical (unpaired) electrons. The third-order valence-corrected chi connectivity index (χ3v) is 3.82. The summed E-state index contributed by atoms with van der Waals surface area (Å²) < 4.78 is 10.7. The molecule has 4 nitrogen and oxygen atoms in total. The quantitative estimate of drug-likeness (QED) is 0.938. The standard InChI is InChI=1S/C17H20N2O2/c1-12-5-3-4-6-15(12)19(2)10-14(18)13-7-8-16-17(9-13)21-11-20-16/h3-9,14H,10-11,18H2,1-2H3. The molecule has 0 fully saturated rings. The first-order valence-corrected chi connectivity index (χ1v) is 7.07. The molecule has 0 spiro atoms. The average molecular weight is 284 g/mol. The third-order valence-electron chi connectivity index (χ3n) is 3.82. The molecular formula is C17H20N2O2. The molecule has 4 heteroatoms. The van der Waals surface area contributed by atoms with E-state index in [0.717, 1.165) is 23.6 Å². The van der Waals surface area contributed by atoms with Gasteiger partial charge in [-0.2, -0.15) is 0 Å². The zero-order valence-electron chi connectivity index (χ0n) is 12.4. The number of hydrogen-bond acceptors (Lipinski definition) is 4. The van der Waals surface area contributed by atoms with Crippen molar-refractivity contribution in [2.24, 2.45) is 5.73 Å². The predicted octanol–water partition coefficient (Wildman–Crippen LogP) is 2.86. The molecule has 3 rings (SSSR count). The molecule has 21 heavy (non-hydrogen) atoms. The lowest BCUT2D eigenvalue weighted by molar-refractivity contribution is 0.174. The lowest BCUT2D eigenvalue weighted by Gasteiger charge is -2.25. The molecular weight excluding hydrogens is 264 g/mol. The minimum atomic E-state index is -0.0795. The van der Waals surface area contributed by atoms with Gasteiger partial charge in [-0.15, -0.1) is 0 Å². The Hall–Kier alpha value is -2.20. The summed E-state index contributed by atoms with van der Waals surface area (Å²) >= 11 is 0. The second kappa shape index (κ2) is 5.66. The predicted molar refractivity (Wildman–Crippen MR) is 83.9 cm³/mol. The largest absolute Gasteiger partial charge is 0.454 e. The zero-order chi connectivity index (χ0) is 14.8. The Morgan fingerprint density at radius 3 is 2.71 bits per heavy atom. The van der Waals surface area contributed by atoms with Crippen LogP contribution in [0.15, 0.2) is 42.5 Å². The highest BCUT2D eigenvalue weighted by molar-refractivity contribution is 5.53. The second-order valence-electron chi connectivity index (χ2n) is 5.39. The van der Waals surface area contributed by atoms with E-state index in [9.17, 15) is 0 Å². The fraction of sp³-hybridized carbons (Fsp3) is 0.294. The fourth-order valence-corrected chi connectivity index (χ4v) is 2.63. The highest BCUT2D eigenvalue weighted by Crippen LogP contribution is 2.34. The van der Waals surface area contributed by atoms with Crippen molar-refractivity contribution >= 4 is 5.69 Å². The summed E-state index contributed by atoms with van der Waals surface area (Å²) in [6, 6.07) is 14.1. The maximum atomic E-state index is 6.34. The Labute approximate surface area is 125 Å². The van der Waals surface area contributed by atoms with Gasteiger partial charge in [0.15, 0.2) is 11.5 Å². The molecule has 2 aromatic carbocycles. The van der Waals surface area contributed by atoms with Crippen molar-refractivity contribution in [1.82, 2.24) is 0 Å². The molecule has 1 aliphatic rings. The number of anilines is 1. The molecule has 1 aliphatic heterocycles. The van der Waals surface area contributed by atoms with Crippen LogP contribution in [0.25, 0.3) is 0 Å². The van der Waals surface area contributed by atoms with Gasteiger partial charge in [-0.05, 0) is 36.2 Å². The van der Waals surface area contributed by atoms with E-state index in [-0.39, 0.29) is 12.8 Å². The van der Waals surface area contributed by atoms with Crippen molar-refractivity contribution in [2.45, 2.75) is 13.0 Å². The minimum Gasteiger partial charge on any atom is -0.454 e. The number of para-hydroxylation sites is 1. The van der Waals surface area contributed by atoms with Crippen molar-refractivity contribution in [3.8, 4) is 11.5 Å². The summed E-state index contributed by atoms with van der Waals surface area (Å²) in [4.78, 5) is 2.19. The highest BCUT2D eigenvalue weighted by Gasteiger charge is 2.17. The van der Waals surface area contributed by atoms with Crippen LogP contribution < -0.4 is 20.1 Å². The Morgan fingerprint density at radius 1 is 1.14 bits per heavy atom. The smallest absolute Gasteiger partial charge is 0.231 e. The van der Waals surface area contributed by atoms with Crippen LogP contribution in [0, 0.1) is 6.92 Å². The van der Waals surface area contributed by atoms with Gasteiger partial charge < -0.3 is 20.1 Å². The van der Waals surface area contributed by atoms with E-state index >= 15 is 0 Å². The van der Waals surface area contributed by atoms with Crippen LogP contribution >= 0.6 is 0 Å². The zero-order valence-corrected chi connectivity index (χ0v) is 12.4. The van der Waals surface area contributed by atoms with Crippen LogP contribution in [0.3, 0.4) is 0 Å². The number of nitrogens with zero attached hydrogens (tertiary/aromatic N) is 1. The summed E-state index contributed by atoms with van der Waals surface area (Å²) in [6.07, 6.45) is 0. The van der Waals surface area contributed by atoms with Gasteiger partial charge in [0.05, 0.1) is 0 Å². The van der Waals surface area contributed by atoms with Gasteiger partial charge in [0.25, 0.3) is 0 Å². The lowest BCUT2D eigenvalue weighted by Crippen LogP contribution is -2.29. The summed E-state index contributed by atoms with van der Waals surface area (Å²) in [5.41, 5.74) is 9.85. The van der Waals surface area contributed by atoms with E-state index in [4.69, 9.17) is 15.2 Å². The molecule has 2 aromatic rings. The van der Waals surface area contributed by atoms with E-state index < -0.39 is 0 Å². The summed E-state index contributed by atoms with van der Waals surface area (Å²) in [6.45, 7) is 3.14. The second-order valence-corrected chi connectivity index (χ2v) is 5.39. The van der Waals surface area contributed by atoms with Crippen LogP contribution in [0.1, 0.15) is 17.2 Å². The molecule has 0 saturated carbocycles. The minimum absolute atomic E-state index is 0.0795. The van der Waals surface area contributed by atoms with Gasteiger partial charge in [0.2, 0.25) is 6.79 Å². The molecule has 0 amide bonds. The Balaban J connectivity index is 1.74. The molecule has 2 N–H and O–H groups in total. The Morgan fingerprint density at radius 2 is 1.90 bits per heavy atom. The number of rotatable bonds is 4. The van der Waals surface area contributed by atoms with Gasteiger partial charge in [-0.3, -0.25) is 0 Å². The lowest BCUT2D eigenvalue weighted by atomic mass is 10.1. The number of nitrogens with two attached hydrogens (primary N) is 1. The first-order valence-electron chi connectivity index (χ1n) is 7.07. The molecule has 110 valence electrons.